The highest BCUT2D eigenvalue weighted by molar-refractivity contribution is 5.76. The quantitative estimate of drug-likeness (QED) is 0.575. The van der Waals surface area contributed by atoms with Gasteiger partial charge in [-0.2, -0.15) is 0 Å². The number of alkyl halides is 1. The molecule has 4 heteroatoms. The summed E-state index contributed by atoms with van der Waals surface area (Å²) in [5.41, 5.74) is 0. The van der Waals surface area contributed by atoms with E-state index in [1.165, 1.54) is 0 Å². The molecule has 2 N–H and O–H groups in total. The van der Waals surface area contributed by atoms with Crippen molar-refractivity contribution in [1.82, 2.24) is 10.6 Å². The fraction of sp³-hybridized carbons (Fsp3) is 0.889. The summed E-state index contributed by atoms with van der Waals surface area (Å²) in [7, 11) is 0. The van der Waals surface area contributed by atoms with Crippen molar-refractivity contribution in [3.63, 3.8) is 0 Å². The average molecular weight is 188 g/mol. The summed E-state index contributed by atoms with van der Waals surface area (Å²) in [5.74, 6) is 0.129. The normalized spacial score (nSPS) is 15.8. The molecule has 13 heavy (non-hydrogen) atoms. The van der Waals surface area contributed by atoms with Gasteiger partial charge in [-0.15, -0.1) is 0 Å². The summed E-state index contributed by atoms with van der Waals surface area (Å²) in [6.07, 6.45) is 3.60. The highest BCUT2D eigenvalue weighted by Gasteiger charge is 2.22. The molecular formula is C9H17FN2O. The molecule has 0 saturated heterocycles. The van der Waals surface area contributed by atoms with Gasteiger partial charge in [-0.25, -0.2) is 4.39 Å². The Bertz CT molecular complexity index is 160. The molecule has 0 aromatic rings. The second-order valence-corrected chi connectivity index (χ2v) is 3.38. The molecular weight excluding hydrogens is 171 g/mol. The number of hydrogen-bond acceptors (Lipinski definition) is 2. The zero-order chi connectivity index (χ0) is 9.52. The van der Waals surface area contributed by atoms with Crippen molar-refractivity contribution in [3.05, 3.63) is 0 Å². The average Bonchev–Trinajstić information content (AvgIpc) is 2.88. The zero-order valence-electron chi connectivity index (χ0n) is 7.81. The monoisotopic (exact) mass is 188 g/mol. The highest BCUT2D eigenvalue weighted by atomic mass is 19.1. The Morgan fingerprint density at radius 2 is 2.15 bits per heavy atom. The molecule has 1 amide bonds. The molecule has 0 unspecified atom stereocenters. The van der Waals surface area contributed by atoms with E-state index in [1.807, 2.05) is 0 Å². The Morgan fingerprint density at radius 3 is 2.77 bits per heavy atom. The first-order valence-electron chi connectivity index (χ1n) is 4.89. The van der Waals surface area contributed by atoms with Crippen molar-refractivity contribution in [2.45, 2.75) is 31.7 Å². The molecule has 1 aliphatic rings. The number of carbonyl (C=O) groups is 1. The molecule has 1 aliphatic carbocycles. The third kappa shape index (κ3) is 5.58. The topological polar surface area (TPSA) is 41.1 Å². The molecule has 0 spiro atoms. The Kier molecular flexibility index (Phi) is 4.75. The largest absolute Gasteiger partial charge is 0.353 e. The molecule has 0 aromatic carbocycles. The lowest BCUT2D eigenvalue weighted by Crippen LogP contribution is -2.26. The van der Waals surface area contributed by atoms with Crippen LogP contribution in [0.4, 0.5) is 4.39 Å². The van der Waals surface area contributed by atoms with Crippen LogP contribution >= 0.6 is 0 Å². The van der Waals surface area contributed by atoms with E-state index in [4.69, 9.17) is 0 Å². The second-order valence-electron chi connectivity index (χ2n) is 3.38. The maximum atomic E-state index is 11.6. The van der Waals surface area contributed by atoms with Gasteiger partial charge in [0.2, 0.25) is 5.91 Å². The van der Waals surface area contributed by atoms with Crippen molar-refractivity contribution >= 4 is 5.91 Å². The molecule has 0 radical (unpaired) electrons. The lowest BCUT2D eigenvalue weighted by molar-refractivity contribution is -0.121. The Morgan fingerprint density at radius 1 is 1.38 bits per heavy atom. The molecule has 0 atom stereocenters. The van der Waals surface area contributed by atoms with Gasteiger partial charge >= 0.3 is 0 Å². The Balaban J connectivity index is 1.83. The minimum Gasteiger partial charge on any atom is -0.353 e. The molecule has 0 heterocycles. The molecule has 0 bridgehead atoms. The lowest BCUT2D eigenvalue weighted by Gasteiger charge is -2.03. The van der Waals surface area contributed by atoms with Gasteiger partial charge in [0.25, 0.3) is 0 Å². The maximum absolute atomic E-state index is 11.6. The molecule has 0 aliphatic heterocycles. The van der Waals surface area contributed by atoms with Gasteiger partial charge in [0.15, 0.2) is 0 Å². The van der Waals surface area contributed by atoms with E-state index in [9.17, 15) is 9.18 Å². The predicted molar refractivity (Wildman–Crippen MR) is 49.2 cm³/mol. The van der Waals surface area contributed by atoms with E-state index in [1.54, 1.807) is 0 Å². The number of amides is 1. The van der Waals surface area contributed by atoms with Gasteiger partial charge < -0.3 is 10.6 Å². The van der Waals surface area contributed by atoms with Crippen molar-refractivity contribution in [2.24, 2.45) is 0 Å². The number of carbonyl (C=O) groups excluding carboxylic acids is 1. The van der Waals surface area contributed by atoms with Crippen molar-refractivity contribution < 1.29 is 9.18 Å². The molecule has 3 nitrogen and oxygen atoms in total. The number of nitrogens with one attached hydrogen (secondary N) is 2. The summed E-state index contributed by atoms with van der Waals surface area (Å²) < 4.78 is 11.6. The van der Waals surface area contributed by atoms with Crippen LogP contribution in [0, 0.1) is 0 Å². The van der Waals surface area contributed by atoms with Crippen molar-refractivity contribution in [1.29, 1.82) is 0 Å². The second kappa shape index (κ2) is 5.91. The first-order chi connectivity index (χ1) is 6.33. The summed E-state index contributed by atoms with van der Waals surface area (Å²) >= 11 is 0. The first-order valence-corrected chi connectivity index (χ1v) is 4.89. The molecule has 1 saturated carbocycles. The molecule has 76 valence electrons. The summed E-state index contributed by atoms with van der Waals surface area (Å²) in [4.78, 5) is 11.1. The van der Waals surface area contributed by atoms with Crippen LogP contribution in [0.1, 0.15) is 25.7 Å². The van der Waals surface area contributed by atoms with Gasteiger partial charge in [-0.3, -0.25) is 4.79 Å². The van der Waals surface area contributed by atoms with Crippen molar-refractivity contribution in [2.75, 3.05) is 19.8 Å². The van der Waals surface area contributed by atoms with Gasteiger partial charge in [-0.05, 0) is 25.8 Å². The van der Waals surface area contributed by atoms with Crippen LogP contribution in [0.3, 0.4) is 0 Å². The standard InChI is InChI=1S/C9H17FN2O/c10-5-7-11-6-1-2-9(13)12-8-3-4-8/h8,11H,1-7H2,(H,12,13). The van der Waals surface area contributed by atoms with Crippen LogP contribution in [0.15, 0.2) is 0 Å². The van der Waals surface area contributed by atoms with E-state index in [-0.39, 0.29) is 12.6 Å². The van der Waals surface area contributed by atoms with E-state index < -0.39 is 0 Å². The minimum absolute atomic E-state index is 0.129. The Labute approximate surface area is 78.1 Å². The number of hydrogen-bond donors (Lipinski definition) is 2. The smallest absolute Gasteiger partial charge is 0.220 e. The third-order valence-corrected chi connectivity index (χ3v) is 1.97. The number of halogens is 1. The fourth-order valence-electron chi connectivity index (χ4n) is 1.09. The molecule has 1 fully saturated rings. The summed E-state index contributed by atoms with van der Waals surface area (Å²) in [6.45, 7) is 0.778. The van der Waals surface area contributed by atoms with Gasteiger partial charge in [0.1, 0.15) is 6.67 Å². The third-order valence-electron chi connectivity index (χ3n) is 1.97. The van der Waals surface area contributed by atoms with Crippen LogP contribution in [0.25, 0.3) is 0 Å². The van der Waals surface area contributed by atoms with E-state index in [2.05, 4.69) is 10.6 Å². The zero-order valence-corrected chi connectivity index (χ0v) is 7.81. The Hall–Kier alpha value is -0.640. The van der Waals surface area contributed by atoms with Gasteiger partial charge in [-0.1, -0.05) is 0 Å². The van der Waals surface area contributed by atoms with Gasteiger partial charge in [0, 0.05) is 19.0 Å². The van der Waals surface area contributed by atoms with Crippen LogP contribution < -0.4 is 10.6 Å². The van der Waals surface area contributed by atoms with Crippen LogP contribution in [-0.4, -0.2) is 31.7 Å². The molecule has 1 rings (SSSR count). The highest BCUT2D eigenvalue weighted by Crippen LogP contribution is 2.18. The minimum atomic E-state index is -0.339. The van der Waals surface area contributed by atoms with Gasteiger partial charge in [0.05, 0.1) is 0 Å². The van der Waals surface area contributed by atoms with Crippen molar-refractivity contribution in [3.8, 4) is 0 Å². The summed E-state index contributed by atoms with van der Waals surface area (Å²) in [6, 6.07) is 0.450. The van der Waals surface area contributed by atoms with E-state index in [0.29, 0.717) is 19.0 Å². The van der Waals surface area contributed by atoms with Crippen LogP contribution in [0.5, 0.6) is 0 Å². The SMILES string of the molecule is O=C(CCCNCCF)NC1CC1. The van der Waals surface area contributed by atoms with E-state index in [0.717, 1.165) is 25.8 Å². The molecule has 0 aromatic heterocycles. The number of rotatable bonds is 7. The first kappa shape index (κ1) is 10.4. The van der Waals surface area contributed by atoms with Crippen LogP contribution in [0.2, 0.25) is 0 Å². The fourth-order valence-corrected chi connectivity index (χ4v) is 1.09. The summed E-state index contributed by atoms with van der Waals surface area (Å²) in [5, 5.41) is 5.81. The lowest BCUT2D eigenvalue weighted by atomic mass is 10.3. The van der Waals surface area contributed by atoms with E-state index >= 15 is 0 Å². The predicted octanol–water partition coefficient (Wildman–Crippen LogP) is 0.604. The van der Waals surface area contributed by atoms with Crippen LogP contribution in [-0.2, 0) is 4.79 Å². The maximum Gasteiger partial charge on any atom is 0.220 e.